The maximum Gasteiger partial charge on any atom is 0 e. The number of pyridine rings is 2. The zero-order valence-corrected chi connectivity index (χ0v) is 37.1. The molecule has 277 valence electrons. The summed E-state index contributed by atoms with van der Waals surface area (Å²) in [5.41, 5.74) is 8.24. The van der Waals surface area contributed by atoms with Gasteiger partial charge >= 0.3 is 149 Å². The summed E-state index contributed by atoms with van der Waals surface area (Å²) in [5, 5.41) is 3.92. The van der Waals surface area contributed by atoms with Crippen molar-refractivity contribution in [3.63, 3.8) is 0 Å². The zero-order valence-electron chi connectivity index (χ0n) is 35.7. The Balaban J connectivity index is 0.000000178. The molecule has 0 saturated heterocycles. The number of hydrogen-bond acceptors (Lipinski definition) is 4. The van der Waals surface area contributed by atoms with E-state index < -0.39 is 26.0 Å². The van der Waals surface area contributed by atoms with Crippen LogP contribution in [0.2, 0.25) is 17.3 Å². The van der Waals surface area contributed by atoms with E-state index in [0.29, 0.717) is 22.1 Å². The number of aromatic nitrogens is 2. The van der Waals surface area contributed by atoms with Crippen LogP contribution < -0.4 is 4.40 Å². The van der Waals surface area contributed by atoms with E-state index in [1.54, 1.807) is 17.4 Å². The van der Waals surface area contributed by atoms with E-state index >= 15 is 0 Å². The third-order valence-electron chi connectivity index (χ3n) is 10.2. The van der Waals surface area contributed by atoms with Crippen LogP contribution in [0.15, 0.2) is 132 Å². The Morgan fingerprint density at radius 3 is 2.31 bits per heavy atom. The van der Waals surface area contributed by atoms with E-state index in [-0.39, 0.29) is 31.6 Å². The van der Waals surface area contributed by atoms with Crippen LogP contribution >= 0.6 is 11.3 Å². The molecule has 9 rings (SSSR count). The van der Waals surface area contributed by atoms with Crippen molar-refractivity contribution in [2.24, 2.45) is 5.92 Å². The monoisotopic (exact) mass is 979 g/mol. The average molecular weight is 978 g/mol. The van der Waals surface area contributed by atoms with Crippen LogP contribution in [-0.4, -0.2) is 23.2 Å². The van der Waals surface area contributed by atoms with Gasteiger partial charge in [-0.1, -0.05) is 80.3 Å². The molecule has 3 nitrogen and oxygen atoms in total. The van der Waals surface area contributed by atoms with Crippen LogP contribution in [-0.2, 0) is 20.1 Å². The Kier molecular flexibility index (Phi) is 9.86. The Morgan fingerprint density at radius 2 is 1.56 bits per heavy atom. The number of para-hydroxylation sites is 1. The third-order valence-corrected chi connectivity index (χ3v) is 15.7. The molecule has 4 heterocycles. The Morgan fingerprint density at radius 1 is 0.764 bits per heavy atom. The molecule has 0 fully saturated rings. The van der Waals surface area contributed by atoms with Crippen LogP contribution in [0, 0.1) is 24.9 Å². The first-order valence-electron chi connectivity index (χ1n) is 20.3. The Hall–Kier alpha value is -4.39. The number of fused-ring (bicyclic) bond motifs is 6. The van der Waals surface area contributed by atoms with Crippen molar-refractivity contribution in [1.29, 1.82) is 0 Å². The first-order chi connectivity index (χ1) is 27.6. The van der Waals surface area contributed by atoms with Gasteiger partial charge < -0.3 is 4.98 Å². The fourth-order valence-corrected chi connectivity index (χ4v) is 10.3. The molecule has 55 heavy (non-hydrogen) atoms. The molecule has 0 aliphatic rings. The summed E-state index contributed by atoms with van der Waals surface area (Å²) < 4.78 is 42.4. The van der Waals surface area contributed by atoms with Crippen LogP contribution in [0.25, 0.3) is 75.8 Å². The van der Waals surface area contributed by atoms with Crippen molar-refractivity contribution in [1.82, 2.24) is 9.97 Å². The van der Waals surface area contributed by atoms with Gasteiger partial charge in [-0.15, -0.1) is 23.8 Å². The minimum absolute atomic E-state index is 0. The van der Waals surface area contributed by atoms with E-state index in [2.05, 4.69) is 114 Å². The number of benzene rings is 5. The number of rotatable bonds is 6. The van der Waals surface area contributed by atoms with Gasteiger partial charge in [0.1, 0.15) is 0 Å². The summed E-state index contributed by atoms with van der Waals surface area (Å²) in [6, 6.07) is 45.1. The predicted octanol–water partition coefficient (Wildman–Crippen LogP) is 13.6. The fraction of sp³-hybridized carbons (Fsp3) is 0.184. The predicted molar refractivity (Wildman–Crippen MR) is 234 cm³/mol. The quantitative estimate of drug-likeness (QED) is 0.123. The summed E-state index contributed by atoms with van der Waals surface area (Å²) in [6.45, 7) is 3.93. The second kappa shape index (κ2) is 16.0. The normalized spacial score (nSPS) is 14.1. The van der Waals surface area contributed by atoms with Gasteiger partial charge in [-0.2, -0.15) is 11.3 Å². The minimum Gasteiger partial charge on any atom is 0 e. The van der Waals surface area contributed by atoms with Gasteiger partial charge in [-0.25, -0.2) is 0 Å². The molecule has 0 amide bonds. The molecule has 0 bridgehead atoms. The van der Waals surface area contributed by atoms with Crippen molar-refractivity contribution >= 4 is 71.1 Å². The van der Waals surface area contributed by atoms with E-state index in [0.717, 1.165) is 27.9 Å². The average Bonchev–Trinajstić information content (AvgIpc) is 3.79. The molecule has 0 saturated carbocycles. The Labute approximate surface area is 350 Å². The van der Waals surface area contributed by atoms with Gasteiger partial charge in [0.2, 0.25) is 0 Å². The topological polar surface area (TPSA) is 38.9 Å². The van der Waals surface area contributed by atoms with E-state index in [9.17, 15) is 0 Å². The number of aryl methyl sites for hydroxylation is 1. The molecule has 5 aromatic carbocycles. The maximum absolute atomic E-state index is 8.80. The molecule has 9 aromatic rings. The summed E-state index contributed by atoms with van der Waals surface area (Å²) >= 11 is -0.156. The van der Waals surface area contributed by atoms with Crippen molar-refractivity contribution in [2.45, 2.75) is 50.8 Å². The SMILES string of the molecule is [2H]C(C)(c1ccnc(-c2[c-]ccc3c2sc2cc(-c4ccccc4)ccc23)c1)C(C)C.[2H]C([2H])([2H])c1c[c-]c(-c2cc[c]([Ge]([CH3])([CH3])[CH3])cn2)c2oc3ccccc3c12.[Ir]. The molecule has 1 unspecified atom stereocenters. The molecule has 1 atom stereocenters. The standard InChI is InChI=1S/C28H24NS.C21H20GeNO.Ir/c1-18(2)19(3)21-14-15-29-26(16-21)25-11-7-10-24-23-13-12-22(17-27(23)30-28(24)25)20-8-5-4-6-9-20;1-14-9-11-16(18-12-10-15(13-23-18)22(2,3)4)21-20(14)17-7-5-6-8-19(17)24-21;/h4-10,12-19H,1-3H3;5-10,12-13H,1-4H3;/q2*-1;/i19D;1D3;. The molecule has 4 aromatic heterocycles. The van der Waals surface area contributed by atoms with Crippen LogP contribution in [0.3, 0.4) is 0 Å². The molecule has 6 heteroatoms. The van der Waals surface area contributed by atoms with Gasteiger partial charge in [0.05, 0.1) is 0 Å². The first kappa shape index (κ1) is 33.9. The van der Waals surface area contributed by atoms with E-state index in [4.69, 9.17) is 9.90 Å². The summed E-state index contributed by atoms with van der Waals surface area (Å²) in [7, 11) is 0. The molecule has 0 spiro atoms. The summed E-state index contributed by atoms with van der Waals surface area (Å²) in [4.78, 5) is 9.30. The number of nitrogens with zero attached hydrogens (tertiary/aromatic N) is 2. The van der Waals surface area contributed by atoms with Crippen LogP contribution in [0.4, 0.5) is 0 Å². The summed E-state index contributed by atoms with van der Waals surface area (Å²) in [6.07, 6.45) is 3.77. The second-order valence-electron chi connectivity index (χ2n) is 15.1. The number of hydrogen-bond donors (Lipinski definition) is 0. The van der Waals surface area contributed by atoms with Crippen molar-refractivity contribution < 1.29 is 30.0 Å². The second-order valence-corrected chi connectivity index (χ2v) is 26.8. The van der Waals surface area contributed by atoms with Gasteiger partial charge in [-0.3, -0.25) is 0 Å². The van der Waals surface area contributed by atoms with Crippen molar-refractivity contribution in [3.05, 3.63) is 151 Å². The molecular weight excluding hydrogens is 929 g/mol. The van der Waals surface area contributed by atoms with Crippen LogP contribution in [0.5, 0.6) is 0 Å². The molecule has 0 aliphatic heterocycles. The first-order valence-corrected chi connectivity index (χ1v) is 26.5. The van der Waals surface area contributed by atoms with Crippen molar-refractivity contribution in [2.75, 3.05) is 0 Å². The molecule has 0 aliphatic carbocycles. The molecular formula is C49H44GeIrN2OS-2. The van der Waals surface area contributed by atoms with Gasteiger partial charge in [0.25, 0.3) is 0 Å². The summed E-state index contributed by atoms with van der Waals surface area (Å²) in [5.74, 6) is 6.53. The largest absolute Gasteiger partial charge is 0 e. The number of thiophene rings is 1. The molecule has 0 N–H and O–H groups in total. The third kappa shape index (κ3) is 7.73. The van der Waals surface area contributed by atoms with Crippen molar-refractivity contribution in [3.8, 4) is 33.6 Å². The molecule has 1 radical (unpaired) electrons. The zero-order chi connectivity index (χ0) is 41.0. The maximum atomic E-state index is 8.80. The minimum atomic E-state index is -2.24. The fourth-order valence-electron chi connectivity index (χ4n) is 6.83. The smallest absolute Gasteiger partial charge is 0 e. The van der Waals surface area contributed by atoms with Gasteiger partial charge in [-0.05, 0) is 50.9 Å². The number of furan rings is 1. The van der Waals surface area contributed by atoms with Gasteiger partial charge in [0.15, 0.2) is 0 Å². The van der Waals surface area contributed by atoms with Crippen LogP contribution in [0.1, 0.15) is 43.3 Å². The van der Waals surface area contributed by atoms with E-state index in [1.807, 2.05) is 67.8 Å². The van der Waals surface area contributed by atoms with Gasteiger partial charge in [0, 0.05) is 32.4 Å². The Bertz CT molecular complexity index is 2930. The van der Waals surface area contributed by atoms with E-state index in [1.165, 1.54) is 35.7 Å².